The molecule has 22 heavy (non-hydrogen) atoms. The molecule has 6 heteroatoms. The lowest BCUT2D eigenvalue weighted by Gasteiger charge is -2.21. The summed E-state index contributed by atoms with van der Waals surface area (Å²) in [4.78, 5) is 22.0. The second-order valence-corrected chi connectivity index (χ2v) is 5.85. The summed E-state index contributed by atoms with van der Waals surface area (Å²) >= 11 is 0. The standard InChI is InChI=1S/C16H12BN3O2/c1-16(2)12-6-4-3-5-11(12)15-13(16)7-10(9-18)8-14(15)17(19-21)20-22/h3-8H,1-2H3. The molecule has 0 aromatic heterocycles. The minimum atomic E-state index is -1.34. The van der Waals surface area contributed by atoms with E-state index in [0.717, 1.165) is 22.3 Å². The molecule has 3 rings (SSSR count). The van der Waals surface area contributed by atoms with Crippen molar-refractivity contribution < 1.29 is 0 Å². The molecule has 1 aliphatic rings. The van der Waals surface area contributed by atoms with E-state index in [1.54, 1.807) is 0 Å². The Morgan fingerprint density at radius 2 is 1.77 bits per heavy atom. The topological polar surface area (TPSA) is 82.7 Å². The zero-order valence-corrected chi connectivity index (χ0v) is 12.2. The van der Waals surface area contributed by atoms with Crippen molar-refractivity contribution in [2.45, 2.75) is 19.3 Å². The van der Waals surface area contributed by atoms with Crippen LogP contribution in [0.15, 0.2) is 46.6 Å². The predicted octanol–water partition coefficient (Wildman–Crippen LogP) is 3.09. The second kappa shape index (κ2) is 4.88. The lowest BCUT2D eigenvalue weighted by molar-refractivity contribution is 0.660. The van der Waals surface area contributed by atoms with E-state index < -0.39 is 6.98 Å². The Kier molecular flexibility index (Phi) is 3.14. The number of nitroso groups, excluding NO2 is 2. The first-order valence-electron chi connectivity index (χ1n) is 6.88. The monoisotopic (exact) mass is 289 g/mol. The van der Waals surface area contributed by atoms with Crippen LogP contribution in [0.3, 0.4) is 0 Å². The highest BCUT2D eigenvalue weighted by Gasteiger charge is 2.40. The van der Waals surface area contributed by atoms with Gasteiger partial charge in [-0.25, -0.2) is 0 Å². The van der Waals surface area contributed by atoms with E-state index in [1.165, 1.54) is 6.07 Å². The summed E-state index contributed by atoms with van der Waals surface area (Å²) in [6.45, 7) is 2.77. The molecule has 0 fully saturated rings. The third-order valence-corrected chi connectivity index (χ3v) is 4.32. The van der Waals surface area contributed by atoms with Gasteiger partial charge in [-0.2, -0.15) is 15.1 Å². The van der Waals surface area contributed by atoms with E-state index in [2.05, 4.69) is 30.1 Å². The molecule has 0 bridgehead atoms. The molecular weight excluding hydrogens is 277 g/mol. The fraction of sp³-hybridized carbons (Fsp3) is 0.188. The van der Waals surface area contributed by atoms with Crippen LogP contribution >= 0.6 is 0 Å². The van der Waals surface area contributed by atoms with Gasteiger partial charge in [-0.05, 0) is 39.8 Å². The summed E-state index contributed by atoms with van der Waals surface area (Å²) in [5, 5.41) is 14.9. The van der Waals surface area contributed by atoms with Crippen LogP contribution in [0.2, 0.25) is 0 Å². The van der Waals surface area contributed by atoms with Gasteiger partial charge in [-0.15, -0.1) is 0 Å². The number of nitrogens with zero attached hydrogens (tertiary/aromatic N) is 3. The Bertz CT molecular complexity index is 832. The molecule has 0 atom stereocenters. The molecule has 0 spiro atoms. The van der Waals surface area contributed by atoms with E-state index in [0.29, 0.717) is 11.0 Å². The van der Waals surface area contributed by atoms with Crippen LogP contribution in [-0.4, -0.2) is 6.98 Å². The van der Waals surface area contributed by atoms with Crippen molar-refractivity contribution in [1.29, 1.82) is 5.26 Å². The summed E-state index contributed by atoms with van der Waals surface area (Å²) in [6.07, 6.45) is 0. The molecule has 0 radical (unpaired) electrons. The minimum absolute atomic E-state index is 0.316. The Morgan fingerprint density at radius 3 is 2.41 bits per heavy atom. The van der Waals surface area contributed by atoms with Gasteiger partial charge in [0.2, 0.25) is 0 Å². The van der Waals surface area contributed by atoms with Gasteiger partial charge in [0.15, 0.2) is 0 Å². The smallest absolute Gasteiger partial charge is 0.192 e. The van der Waals surface area contributed by atoms with E-state index in [9.17, 15) is 15.1 Å². The molecule has 0 unspecified atom stereocenters. The first-order chi connectivity index (χ1) is 10.5. The normalized spacial score (nSPS) is 13.7. The Balaban J connectivity index is 2.43. The highest BCUT2D eigenvalue weighted by molar-refractivity contribution is 6.71. The molecule has 0 saturated heterocycles. The summed E-state index contributed by atoms with van der Waals surface area (Å²) in [6, 6.07) is 13.2. The van der Waals surface area contributed by atoms with E-state index in [-0.39, 0.29) is 5.41 Å². The van der Waals surface area contributed by atoms with Crippen molar-refractivity contribution in [2.75, 3.05) is 0 Å². The molecule has 5 nitrogen and oxygen atoms in total. The van der Waals surface area contributed by atoms with Crippen molar-refractivity contribution in [2.24, 2.45) is 10.2 Å². The third-order valence-electron chi connectivity index (χ3n) is 4.32. The van der Waals surface area contributed by atoms with Crippen LogP contribution in [-0.2, 0) is 5.41 Å². The first-order valence-corrected chi connectivity index (χ1v) is 6.88. The van der Waals surface area contributed by atoms with Gasteiger partial charge in [0.05, 0.1) is 11.6 Å². The maximum Gasteiger partial charge on any atom is 0.549 e. The molecule has 0 heterocycles. The number of nitriles is 1. The lowest BCUT2D eigenvalue weighted by Crippen LogP contribution is -2.29. The van der Waals surface area contributed by atoms with Crippen LogP contribution in [0, 0.1) is 21.1 Å². The fourth-order valence-electron chi connectivity index (χ4n) is 3.25. The van der Waals surface area contributed by atoms with Crippen LogP contribution in [0.4, 0.5) is 0 Å². The van der Waals surface area contributed by atoms with Crippen LogP contribution in [0.5, 0.6) is 0 Å². The number of hydrogen-bond donors (Lipinski definition) is 0. The summed E-state index contributed by atoms with van der Waals surface area (Å²) < 4.78 is 0. The molecule has 0 N–H and O–H groups in total. The Morgan fingerprint density at radius 1 is 1.09 bits per heavy atom. The molecule has 106 valence electrons. The molecule has 2 aromatic carbocycles. The van der Waals surface area contributed by atoms with Gasteiger partial charge in [-0.3, -0.25) is 0 Å². The number of rotatable bonds is 3. The van der Waals surface area contributed by atoms with E-state index in [1.807, 2.05) is 30.3 Å². The number of hydrogen-bond acceptors (Lipinski definition) is 5. The highest BCUT2D eigenvalue weighted by Crippen LogP contribution is 2.48. The van der Waals surface area contributed by atoms with Gasteiger partial charge >= 0.3 is 6.98 Å². The van der Waals surface area contributed by atoms with Crippen molar-refractivity contribution in [3.63, 3.8) is 0 Å². The molecule has 0 saturated carbocycles. The number of benzene rings is 2. The van der Waals surface area contributed by atoms with Crippen LogP contribution in [0.25, 0.3) is 11.1 Å². The van der Waals surface area contributed by atoms with Crippen LogP contribution < -0.4 is 5.46 Å². The van der Waals surface area contributed by atoms with Gasteiger partial charge in [0, 0.05) is 5.41 Å². The second-order valence-electron chi connectivity index (χ2n) is 5.85. The zero-order valence-electron chi connectivity index (χ0n) is 12.2. The average Bonchev–Trinajstić information content (AvgIpc) is 2.77. The summed E-state index contributed by atoms with van der Waals surface area (Å²) in [5.41, 5.74) is 4.24. The molecule has 1 aliphatic carbocycles. The maximum atomic E-state index is 11.0. The average molecular weight is 289 g/mol. The first kappa shape index (κ1) is 14.1. The van der Waals surface area contributed by atoms with E-state index in [4.69, 9.17) is 0 Å². The van der Waals surface area contributed by atoms with E-state index >= 15 is 0 Å². The SMILES string of the molecule is CC1(C)c2ccccc2-c2c(B(N=O)N=O)cc(C#N)cc21. The zero-order chi connectivity index (χ0) is 15.9. The van der Waals surface area contributed by atoms with Crippen LogP contribution in [0.1, 0.15) is 30.5 Å². The fourth-order valence-corrected chi connectivity index (χ4v) is 3.25. The Hall–Kier alpha value is -2.81. The molecule has 0 amide bonds. The van der Waals surface area contributed by atoms with Crippen molar-refractivity contribution in [3.05, 3.63) is 62.9 Å². The Labute approximate surface area is 128 Å². The largest absolute Gasteiger partial charge is 0.549 e. The summed E-state index contributed by atoms with van der Waals surface area (Å²) in [5.74, 6) is 0. The molecule has 0 aliphatic heterocycles. The van der Waals surface area contributed by atoms with Crippen molar-refractivity contribution in [3.8, 4) is 17.2 Å². The molecule has 2 aromatic rings. The third kappa shape index (κ3) is 1.79. The summed E-state index contributed by atoms with van der Waals surface area (Å²) in [7, 11) is 0. The quantitative estimate of drug-likeness (QED) is 0.643. The lowest BCUT2D eigenvalue weighted by atomic mass is 9.66. The number of fused-ring (bicyclic) bond motifs is 3. The molecular formula is C16H12BN3O2. The van der Waals surface area contributed by atoms with Gasteiger partial charge in [0.25, 0.3) is 0 Å². The van der Waals surface area contributed by atoms with Gasteiger partial charge in [0.1, 0.15) is 0 Å². The minimum Gasteiger partial charge on any atom is -0.192 e. The van der Waals surface area contributed by atoms with Crippen molar-refractivity contribution in [1.82, 2.24) is 0 Å². The highest BCUT2D eigenvalue weighted by atomic mass is 16.3. The van der Waals surface area contributed by atoms with Crippen molar-refractivity contribution >= 4 is 12.4 Å². The van der Waals surface area contributed by atoms with Gasteiger partial charge in [-0.1, -0.05) is 48.3 Å². The maximum absolute atomic E-state index is 11.0. The van der Waals surface area contributed by atoms with Gasteiger partial charge < -0.3 is 0 Å². The predicted molar refractivity (Wildman–Crippen MR) is 85.7 cm³/mol.